The quantitative estimate of drug-likeness (QED) is 0.0725. The van der Waals surface area contributed by atoms with Crippen molar-refractivity contribution in [2.75, 3.05) is 26.4 Å². The summed E-state index contributed by atoms with van der Waals surface area (Å²) in [6.07, 6.45) is -38.2. The lowest BCUT2D eigenvalue weighted by atomic mass is 9.94. The summed E-state index contributed by atoms with van der Waals surface area (Å²) in [6.45, 7) is 1.03. The molecule has 5 aliphatic heterocycles. The minimum Gasteiger partial charge on any atom is -0.394 e. The number of carbonyl (C=O) groups is 3. The maximum atomic E-state index is 12.5. The Balaban J connectivity index is 1.33. The Bertz CT molecular complexity index is 1540. The molecular formula is C36H61N3O25. The second kappa shape index (κ2) is 22.6. The van der Waals surface area contributed by atoms with Crippen molar-refractivity contribution in [3.05, 3.63) is 0 Å². The molecule has 28 nitrogen and oxygen atoms in total. The minimum absolute atomic E-state index is 0.689. The summed E-state index contributed by atoms with van der Waals surface area (Å²) >= 11 is 0. The average molecular weight is 936 g/mol. The topological polar surface area (TPSA) is 433 Å². The van der Waals surface area contributed by atoms with Crippen LogP contribution in [-0.4, -0.2) is 264 Å². The first kappa shape index (κ1) is 52.5. The number of carbonyl (C=O) groups excluding carboxylic acids is 3. The third-order valence-electron chi connectivity index (χ3n) is 11.5. The molecule has 0 unspecified atom stereocenters. The van der Waals surface area contributed by atoms with Crippen LogP contribution in [0.25, 0.3) is 0 Å². The molecule has 25 atom stereocenters. The molecule has 64 heavy (non-hydrogen) atoms. The van der Waals surface area contributed by atoms with Crippen LogP contribution in [0.4, 0.5) is 0 Å². The highest BCUT2D eigenvalue weighted by Gasteiger charge is 2.57. The fourth-order valence-corrected chi connectivity index (χ4v) is 8.18. The first-order chi connectivity index (χ1) is 30.2. The van der Waals surface area contributed by atoms with E-state index in [2.05, 4.69) is 16.0 Å². The predicted octanol–water partition coefficient (Wildman–Crippen LogP) is -10.5. The number of nitrogens with one attached hydrogen (secondary N) is 3. The Morgan fingerprint density at radius 1 is 0.406 bits per heavy atom. The SMILES string of the molecule is CC(=O)N[C@@H]1[C@@H](O[C@@H]2O[C@H](CO)[C@H](O[C@H]3O[C@H](CO)[C@@H](O[C@@H]4O[C@@H](C)[C@H](O)[C@@H](O[C@@H]5O[C@H](CO)[C@H](O)[C@H](O)[C@H]5NC(C)=O)[C@H]4O)[C@H](O)[C@H]3NC(C)=O)[C@H](O)[C@H]2O)[C@@H](O)[C@@H](CO)O[C@@H]1O. The van der Waals surface area contributed by atoms with E-state index in [4.69, 9.17) is 42.6 Å². The predicted molar refractivity (Wildman–Crippen MR) is 200 cm³/mol. The van der Waals surface area contributed by atoms with Crippen molar-refractivity contribution >= 4 is 17.7 Å². The molecule has 16 N–H and O–H groups in total. The van der Waals surface area contributed by atoms with E-state index in [9.17, 15) is 80.8 Å². The van der Waals surface area contributed by atoms with Crippen molar-refractivity contribution in [2.24, 2.45) is 0 Å². The molecule has 5 saturated heterocycles. The van der Waals surface area contributed by atoms with Crippen molar-refractivity contribution in [1.29, 1.82) is 0 Å². The number of hydrogen-bond donors (Lipinski definition) is 16. The Labute approximate surface area is 364 Å². The van der Waals surface area contributed by atoms with Crippen LogP contribution in [0.5, 0.6) is 0 Å². The van der Waals surface area contributed by atoms with Crippen LogP contribution in [0.1, 0.15) is 27.7 Å². The molecule has 5 fully saturated rings. The van der Waals surface area contributed by atoms with E-state index in [0.717, 1.165) is 20.8 Å². The molecule has 28 heteroatoms. The van der Waals surface area contributed by atoms with Gasteiger partial charge in [-0.25, -0.2) is 0 Å². The Hall–Kier alpha value is -2.47. The van der Waals surface area contributed by atoms with Gasteiger partial charge >= 0.3 is 0 Å². The summed E-state index contributed by atoms with van der Waals surface area (Å²) in [5, 5.41) is 147. The molecule has 0 aliphatic carbocycles. The summed E-state index contributed by atoms with van der Waals surface area (Å²) in [5.74, 6) is -2.17. The largest absolute Gasteiger partial charge is 0.394 e. The second-order valence-corrected chi connectivity index (χ2v) is 16.1. The van der Waals surface area contributed by atoms with E-state index in [1.807, 2.05) is 0 Å². The third-order valence-corrected chi connectivity index (χ3v) is 11.5. The molecule has 0 aromatic heterocycles. The van der Waals surface area contributed by atoms with Gasteiger partial charge in [0.2, 0.25) is 17.7 Å². The Kier molecular flexibility index (Phi) is 18.5. The molecule has 0 bridgehead atoms. The van der Waals surface area contributed by atoms with Crippen LogP contribution in [0.2, 0.25) is 0 Å². The molecule has 3 amide bonds. The highest BCUT2D eigenvalue weighted by molar-refractivity contribution is 5.74. The molecular weight excluding hydrogens is 874 g/mol. The number of amides is 3. The smallest absolute Gasteiger partial charge is 0.217 e. The van der Waals surface area contributed by atoms with E-state index in [0.29, 0.717) is 0 Å². The zero-order chi connectivity index (χ0) is 47.5. The summed E-state index contributed by atoms with van der Waals surface area (Å²) in [5.41, 5.74) is 0. The minimum atomic E-state index is -2.09. The van der Waals surface area contributed by atoms with Crippen molar-refractivity contribution < 1.29 is 123 Å². The molecule has 0 aromatic rings. The van der Waals surface area contributed by atoms with Gasteiger partial charge in [0.1, 0.15) is 116 Å². The van der Waals surface area contributed by atoms with Gasteiger partial charge in [-0.2, -0.15) is 0 Å². The molecule has 370 valence electrons. The second-order valence-electron chi connectivity index (χ2n) is 16.1. The average Bonchev–Trinajstić information content (AvgIpc) is 3.24. The highest BCUT2D eigenvalue weighted by Crippen LogP contribution is 2.35. The molecule has 0 aromatic carbocycles. The van der Waals surface area contributed by atoms with Gasteiger partial charge in [-0.3, -0.25) is 14.4 Å². The molecule has 0 spiro atoms. The molecule has 5 rings (SSSR count). The molecule has 5 heterocycles. The number of hydrogen-bond acceptors (Lipinski definition) is 25. The summed E-state index contributed by atoms with van der Waals surface area (Å²) in [4.78, 5) is 36.3. The third kappa shape index (κ3) is 11.4. The lowest BCUT2D eigenvalue weighted by Gasteiger charge is -2.50. The van der Waals surface area contributed by atoms with Crippen LogP contribution < -0.4 is 16.0 Å². The van der Waals surface area contributed by atoms with Gasteiger partial charge in [-0.15, -0.1) is 0 Å². The molecule has 0 saturated carbocycles. The van der Waals surface area contributed by atoms with Crippen LogP contribution in [0.15, 0.2) is 0 Å². The van der Waals surface area contributed by atoms with Crippen molar-refractivity contribution in [2.45, 2.75) is 181 Å². The van der Waals surface area contributed by atoms with Gasteiger partial charge in [0, 0.05) is 20.8 Å². The lowest BCUT2D eigenvalue weighted by molar-refractivity contribution is -0.379. The Morgan fingerprint density at radius 3 is 1.34 bits per heavy atom. The lowest BCUT2D eigenvalue weighted by Crippen LogP contribution is -2.70. The van der Waals surface area contributed by atoms with Gasteiger partial charge in [0.05, 0.1) is 32.5 Å². The number of rotatable bonds is 15. The van der Waals surface area contributed by atoms with E-state index in [-0.39, 0.29) is 0 Å². The van der Waals surface area contributed by atoms with Crippen molar-refractivity contribution in [1.82, 2.24) is 16.0 Å². The number of ether oxygens (including phenoxy) is 9. The van der Waals surface area contributed by atoms with Crippen LogP contribution in [0.3, 0.4) is 0 Å². The first-order valence-corrected chi connectivity index (χ1v) is 20.4. The maximum Gasteiger partial charge on any atom is 0.217 e. The van der Waals surface area contributed by atoms with Crippen LogP contribution in [-0.2, 0) is 57.0 Å². The zero-order valence-corrected chi connectivity index (χ0v) is 35.0. The van der Waals surface area contributed by atoms with E-state index in [1.54, 1.807) is 0 Å². The summed E-state index contributed by atoms with van der Waals surface area (Å²) in [6, 6.07) is -4.64. The molecule has 5 aliphatic rings. The van der Waals surface area contributed by atoms with Gasteiger partial charge in [0.15, 0.2) is 31.5 Å². The van der Waals surface area contributed by atoms with Gasteiger partial charge in [-0.05, 0) is 6.92 Å². The van der Waals surface area contributed by atoms with E-state index >= 15 is 0 Å². The normalized spacial score (nSPS) is 47.7. The summed E-state index contributed by atoms with van der Waals surface area (Å²) in [7, 11) is 0. The standard InChI is InChI=1S/C36H61N3O25/c1-9-20(47)31(64-33-17(37-10(2)44)23(50)21(48)13(5-40)58-33)27(54)36(56-9)62-28-15(7-42)59-34(18(24(28)51)38-11(3)45)61-29-16(8-43)60-35(26(53)25(29)52)63-30-19(39-12(4)46)32(55)57-14(6-41)22(30)49/h9,13-36,40-43,47-55H,5-8H2,1-4H3,(H,37,44)(H,38,45)(H,39,46)/t9-,13+,14+,15+,16+,17+,18+,19+,20-,21-,22-,23+,24+,25+,26+,27+,28+,29-,30+,31+,32-,33-,34+,35-,36-/m0/s1. The first-order valence-electron chi connectivity index (χ1n) is 20.4. The van der Waals surface area contributed by atoms with Crippen LogP contribution >= 0.6 is 0 Å². The van der Waals surface area contributed by atoms with E-state index < -0.39 is 197 Å². The van der Waals surface area contributed by atoms with Gasteiger partial charge in [-0.1, -0.05) is 0 Å². The van der Waals surface area contributed by atoms with Crippen molar-refractivity contribution in [3.63, 3.8) is 0 Å². The number of aliphatic hydroxyl groups excluding tert-OH is 13. The Morgan fingerprint density at radius 2 is 0.812 bits per heavy atom. The maximum absolute atomic E-state index is 12.5. The van der Waals surface area contributed by atoms with Crippen molar-refractivity contribution in [3.8, 4) is 0 Å². The fraction of sp³-hybridized carbons (Fsp3) is 0.917. The van der Waals surface area contributed by atoms with E-state index in [1.165, 1.54) is 6.92 Å². The molecule has 0 radical (unpaired) electrons. The monoisotopic (exact) mass is 935 g/mol. The van der Waals surface area contributed by atoms with Gasteiger partial charge < -0.3 is 125 Å². The van der Waals surface area contributed by atoms with Crippen LogP contribution in [0, 0.1) is 0 Å². The zero-order valence-electron chi connectivity index (χ0n) is 35.0. The number of aliphatic hydroxyl groups is 13. The van der Waals surface area contributed by atoms with Gasteiger partial charge in [0.25, 0.3) is 0 Å². The summed E-state index contributed by atoms with van der Waals surface area (Å²) < 4.78 is 51.5. The fourth-order valence-electron chi connectivity index (χ4n) is 8.18. The highest BCUT2D eigenvalue weighted by atomic mass is 16.8.